The monoisotopic (exact) mass is 352 g/mol. The van der Waals surface area contributed by atoms with E-state index in [1.54, 1.807) is 20.8 Å². The highest BCUT2D eigenvalue weighted by molar-refractivity contribution is 5.91. The zero-order valence-electron chi connectivity index (χ0n) is 15.2. The Morgan fingerprint density at radius 3 is 2.48 bits per heavy atom. The van der Waals surface area contributed by atoms with Crippen LogP contribution in [0.4, 0.5) is 0 Å². The number of carbonyl (C=O) groups is 3. The van der Waals surface area contributed by atoms with Gasteiger partial charge < -0.3 is 9.84 Å². The minimum Gasteiger partial charge on any atom is -0.480 e. The second-order valence-electron chi connectivity index (χ2n) is 7.94. The van der Waals surface area contributed by atoms with Crippen molar-refractivity contribution >= 4 is 24.1 Å². The summed E-state index contributed by atoms with van der Waals surface area (Å²) in [7, 11) is 0. The third-order valence-electron chi connectivity index (χ3n) is 4.62. The molecule has 2 aliphatic rings. The van der Waals surface area contributed by atoms with Crippen molar-refractivity contribution in [3.8, 4) is 0 Å². The van der Waals surface area contributed by atoms with Gasteiger partial charge in [0.25, 0.3) is 0 Å². The van der Waals surface area contributed by atoms with Gasteiger partial charge in [-0.15, -0.1) is 0 Å². The SMILES string of the molecule is CC(C)(C)OC(=O)C[C@@H](CC1CCCC1)C(=O)N1N=CC[C@H]1C(=O)O. The first kappa shape index (κ1) is 19.4. The third-order valence-corrected chi connectivity index (χ3v) is 4.62. The normalized spacial score (nSPS) is 22.2. The second-order valence-corrected chi connectivity index (χ2v) is 7.94. The van der Waals surface area contributed by atoms with Gasteiger partial charge in [0.05, 0.1) is 12.3 Å². The van der Waals surface area contributed by atoms with E-state index in [9.17, 15) is 19.5 Å². The topological polar surface area (TPSA) is 96.3 Å². The molecule has 1 fully saturated rings. The van der Waals surface area contributed by atoms with Crippen molar-refractivity contribution in [3.05, 3.63) is 0 Å². The summed E-state index contributed by atoms with van der Waals surface area (Å²) < 4.78 is 5.36. The summed E-state index contributed by atoms with van der Waals surface area (Å²) in [5, 5.41) is 14.2. The van der Waals surface area contributed by atoms with Crippen molar-refractivity contribution in [1.29, 1.82) is 0 Å². The number of nitrogens with zero attached hydrogens (tertiary/aromatic N) is 2. The zero-order chi connectivity index (χ0) is 18.6. The molecule has 0 aromatic carbocycles. The predicted molar refractivity (Wildman–Crippen MR) is 91.9 cm³/mol. The molecule has 0 saturated heterocycles. The Bertz CT molecular complexity index is 546. The molecule has 7 nitrogen and oxygen atoms in total. The van der Waals surface area contributed by atoms with Gasteiger partial charge in [0.15, 0.2) is 6.04 Å². The van der Waals surface area contributed by atoms with Crippen LogP contribution in [0.3, 0.4) is 0 Å². The van der Waals surface area contributed by atoms with Crippen LogP contribution in [0.5, 0.6) is 0 Å². The highest BCUT2D eigenvalue weighted by Crippen LogP contribution is 2.33. The fourth-order valence-corrected chi connectivity index (χ4v) is 3.52. The maximum absolute atomic E-state index is 12.9. The summed E-state index contributed by atoms with van der Waals surface area (Å²) in [5.74, 6) is -2.10. The van der Waals surface area contributed by atoms with Gasteiger partial charge >= 0.3 is 11.9 Å². The number of hydrogen-bond donors (Lipinski definition) is 1. The molecule has 1 aliphatic carbocycles. The lowest BCUT2D eigenvalue weighted by molar-refractivity contribution is -0.160. The van der Waals surface area contributed by atoms with Gasteiger partial charge in [-0.25, -0.2) is 9.80 Å². The third kappa shape index (κ3) is 5.54. The lowest BCUT2D eigenvalue weighted by atomic mass is 9.89. The Morgan fingerprint density at radius 1 is 1.28 bits per heavy atom. The average Bonchev–Trinajstić information content (AvgIpc) is 3.14. The van der Waals surface area contributed by atoms with Gasteiger partial charge in [-0.05, 0) is 33.1 Å². The lowest BCUT2D eigenvalue weighted by Gasteiger charge is -2.27. The van der Waals surface area contributed by atoms with E-state index < -0.39 is 29.5 Å². The number of carbonyl (C=O) groups excluding carboxylic acids is 2. The van der Waals surface area contributed by atoms with Crippen LogP contribution in [-0.2, 0) is 19.1 Å². The van der Waals surface area contributed by atoms with Gasteiger partial charge in [0.1, 0.15) is 5.60 Å². The first-order valence-corrected chi connectivity index (χ1v) is 8.97. The molecule has 0 aromatic rings. The number of carboxylic acid groups (broad SMARTS) is 1. The maximum Gasteiger partial charge on any atom is 0.329 e. The quantitative estimate of drug-likeness (QED) is 0.741. The summed E-state index contributed by atoms with van der Waals surface area (Å²) in [5.41, 5.74) is -0.618. The minimum absolute atomic E-state index is 0.0367. The van der Waals surface area contributed by atoms with Crippen LogP contribution in [0.15, 0.2) is 5.10 Å². The van der Waals surface area contributed by atoms with Crippen LogP contribution in [0, 0.1) is 11.8 Å². The smallest absolute Gasteiger partial charge is 0.329 e. The molecule has 0 unspecified atom stereocenters. The molecule has 1 N–H and O–H groups in total. The number of aliphatic carboxylic acids is 1. The molecule has 1 aliphatic heterocycles. The molecule has 1 amide bonds. The van der Waals surface area contributed by atoms with Crippen LogP contribution in [0.2, 0.25) is 0 Å². The Balaban J connectivity index is 2.09. The van der Waals surface area contributed by atoms with E-state index in [0.29, 0.717) is 12.3 Å². The van der Waals surface area contributed by atoms with Crippen molar-refractivity contribution in [2.24, 2.45) is 16.9 Å². The second kappa shape index (κ2) is 7.97. The summed E-state index contributed by atoms with van der Waals surface area (Å²) in [6.07, 6.45) is 6.55. The van der Waals surface area contributed by atoms with E-state index in [4.69, 9.17) is 4.74 Å². The summed E-state index contributed by atoms with van der Waals surface area (Å²) in [4.78, 5) is 36.4. The lowest BCUT2D eigenvalue weighted by Crippen LogP contribution is -2.42. The van der Waals surface area contributed by atoms with E-state index in [-0.39, 0.29) is 18.7 Å². The number of rotatable bonds is 6. The molecule has 1 heterocycles. The standard InChI is InChI=1S/C18H28N2O5/c1-18(2,3)25-15(21)11-13(10-12-6-4-5-7-12)16(22)20-14(17(23)24)8-9-19-20/h9,12-14H,4-8,10-11H2,1-3H3,(H,23,24)/t13-,14+/m1/s1. The molecule has 0 aromatic heterocycles. The van der Waals surface area contributed by atoms with E-state index in [1.165, 1.54) is 6.21 Å². The van der Waals surface area contributed by atoms with Crippen LogP contribution >= 0.6 is 0 Å². The molecule has 140 valence electrons. The highest BCUT2D eigenvalue weighted by atomic mass is 16.6. The van der Waals surface area contributed by atoms with Gasteiger partial charge in [0, 0.05) is 12.6 Å². The molecular weight excluding hydrogens is 324 g/mol. The van der Waals surface area contributed by atoms with Gasteiger partial charge in [-0.2, -0.15) is 5.10 Å². The first-order chi connectivity index (χ1) is 11.7. The van der Waals surface area contributed by atoms with Crippen molar-refractivity contribution in [2.45, 2.75) is 77.4 Å². The van der Waals surface area contributed by atoms with Crippen LogP contribution in [0.25, 0.3) is 0 Å². The Kier molecular flexibility index (Phi) is 6.19. The number of carboxylic acids is 1. The number of esters is 1. The molecule has 0 bridgehead atoms. The van der Waals surface area contributed by atoms with E-state index in [2.05, 4.69) is 5.10 Å². The number of ether oxygens (including phenoxy) is 1. The fourth-order valence-electron chi connectivity index (χ4n) is 3.52. The molecule has 0 radical (unpaired) electrons. The first-order valence-electron chi connectivity index (χ1n) is 8.97. The van der Waals surface area contributed by atoms with Crippen molar-refractivity contribution in [1.82, 2.24) is 5.01 Å². The fraction of sp³-hybridized carbons (Fsp3) is 0.778. The van der Waals surface area contributed by atoms with Crippen LogP contribution in [-0.4, -0.2) is 45.8 Å². The molecule has 0 spiro atoms. The molecule has 1 saturated carbocycles. The Morgan fingerprint density at radius 2 is 1.92 bits per heavy atom. The van der Waals surface area contributed by atoms with Gasteiger partial charge in [-0.3, -0.25) is 9.59 Å². The van der Waals surface area contributed by atoms with E-state index >= 15 is 0 Å². The van der Waals surface area contributed by atoms with Crippen molar-refractivity contribution in [2.75, 3.05) is 0 Å². The van der Waals surface area contributed by atoms with Crippen molar-refractivity contribution in [3.63, 3.8) is 0 Å². The molecule has 25 heavy (non-hydrogen) atoms. The number of hydrazone groups is 1. The summed E-state index contributed by atoms with van der Waals surface area (Å²) >= 11 is 0. The molecule has 2 rings (SSSR count). The maximum atomic E-state index is 12.9. The van der Waals surface area contributed by atoms with Crippen molar-refractivity contribution < 1.29 is 24.2 Å². The Hall–Kier alpha value is -1.92. The average molecular weight is 352 g/mol. The largest absolute Gasteiger partial charge is 0.480 e. The number of hydrogen-bond acceptors (Lipinski definition) is 5. The zero-order valence-corrected chi connectivity index (χ0v) is 15.2. The highest BCUT2D eigenvalue weighted by Gasteiger charge is 2.38. The van der Waals surface area contributed by atoms with Gasteiger partial charge in [-0.1, -0.05) is 25.7 Å². The van der Waals surface area contributed by atoms with E-state index in [1.807, 2.05) is 0 Å². The minimum atomic E-state index is -1.08. The van der Waals surface area contributed by atoms with Crippen LogP contribution < -0.4 is 0 Å². The van der Waals surface area contributed by atoms with Gasteiger partial charge in [0.2, 0.25) is 5.91 Å². The molecule has 2 atom stereocenters. The Labute approximate surface area is 148 Å². The molecular formula is C18H28N2O5. The summed E-state index contributed by atoms with van der Waals surface area (Å²) in [6, 6.07) is -0.975. The predicted octanol–water partition coefficient (Wildman–Crippen LogP) is 2.59. The number of amides is 1. The van der Waals surface area contributed by atoms with E-state index in [0.717, 1.165) is 30.7 Å². The van der Waals surface area contributed by atoms with Crippen LogP contribution in [0.1, 0.15) is 65.7 Å². The summed E-state index contributed by atoms with van der Waals surface area (Å²) in [6.45, 7) is 5.35. The molecule has 7 heteroatoms.